The summed E-state index contributed by atoms with van der Waals surface area (Å²) in [5, 5.41) is 3.18. The zero-order valence-corrected chi connectivity index (χ0v) is 14.7. The van der Waals surface area contributed by atoms with Gasteiger partial charge in [-0.2, -0.15) is 4.31 Å². The molecule has 2 rings (SSSR count). The quantitative estimate of drug-likeness (QED) is 0.875. The predicted molar refractivity (Wildman–Crippen MR) is 90.6 cm³/mol. The SMILES string of the molecule is CCC(C)c1ccc(S(=O)(=O)N2CCC(CNC)CC2)cc1. The molecule has 1 N–H and O–H groups in total. The molecule has 5 heteroatoms. The Labute approximate surface area is 135 Å². The standard InChI is InChI=1S/C17H28N2O2S/c1-4-14(2)16-5-7-17(8-6-16)22(20,21)19-11-9-15(10-12-19)13-18-3/h5-8,14-15,18H,4,9-13H2,1-3H3. The number of sulfonamides is 1. The summed E-state index contributed by atoms with van der Waals surface area (Å²) >= 11 is 0. The van der Waals surface area contributed by atoms with Gasteiger partial charge in [0.25, 0.3) is 0 Å². The van der Waals surface area contributed by atoms with Gasteiger partial charge in [-0.15, -0.1) is 0 Å². The fraction of sp³-hybridized carbons (Fsp3) is 0.647. The van der Waals surface area contributed by atoms with Gasteiger partial charge in [0.05, 0.1) is 4.90 Å². The van der Waals surface area contributed by atoms with E-state index in [0.717, 1.165) is 25.8 Å². The summed E-state index contributed by atoms with van der Waals surface area (Å²) in [4.78, 5) is 0.423. The van der Waals surface area contributed by atoms with E-state index >= 15 is 0 Å². The molecule has 1 unspecified atom stereocenters. The van der Waals surface area contributed by atoms with Crippen LogP contribution in [-0.4, -0.2) is 39.4 Å². The van der Waals surface area contributed by atoms with Crippen molar-refractivity contribution in [3.63, 3.8) is 0 Å². The van der Waals surface area contributed by atoms with E-state index in [1.807, 2.05) is 19.2 Å². The first kappa shape index (κ1) is 17.4. The van der Waals surface area contributed by atoms with Crippen LogP contribution in [0.2, 0.25) is 0 Å². The van der Waals surface area contributed by atoms with E-state index in [4.69, 9.17) is 0 Å². The van der Waals surface area contributed by atoms with Crippen LogP contribution < -0.4 is 5.32 Å². The van der Waals surface area contributed by atoms with Crippen LogP contribution in [0.4, 0.5) is 0 Å². The highest BCUT2D eigenvalue weighted by molar-refractivity contribution is 7.89. The molecule has 0 radical (unpaired) electrons. The van der Waals surface area contributed by atoms with Gasteiger partial charge in [-0.3, -0.25) is 0 Å². The molecule has 1 heterocycles. The molecule has 0 saturated carbocycles. The van der Waals surface area contributed by atoms with E-state index in [1.54, 1.807) is 16.4 Å². The van der Waals surface area contributed by atoms with Gasteiger partial charge in [-0.05, 0) is 62.4 Å². The molecule has 1 aliphatic rings. The molecule has 1 aliphatic heterocycles. The number of piperidine rings is 1. The van der Waals surface area contributed by atoms with E-state index in [2.05, 4.69) is 19.2 Å². The van der Waals surface area contributed by atoms with Crippen molar-refractivity contribution < 1.29 is 8.42 Å². The molecule has 0 aromatic heterocycles. The van der Waals surface area contributed by atoms with Crippen molar-refractivity contribution in [2.45, 2.75) is 43.9 Å². The van der Waals surface area contributed by atoms with Gasteiger partial charge in [0.1, 0.15) is 0 Å². The van der Waals surface area contributed by atoms with Crippen LogP contribution in [0.1, 0.15) is 44.6 Å². The highest BCUT2D eigenvalue weighted by Gasteiger charge is 2.29. The molecular weight excluding hydrogens is 296 g/mol. The van der Waals surface area contributed by atoms with Crippen molar-refractivity contribution in [1.82, 2.24) is 9.62 Å². The summed E-state index contributed by atoms with van der Waals surface area (Å²) in [6, 6.07) is 7.43. The molecule has 1 fully saturated rings. The minimum absolute atomic E-state index is 0.423. The maximum atomic E-state index is 12.7. The first-order valence-electron chi connectivity index (χ1n) is 8.23. The van der Waals surface area contributed by atoms with Crippen molar-refractivity contribution >= 4 is 10.0 Å². The molecule has 0 bridgehead atoms. The molecule has 1 aromatic rings. The third kappa shape index (κ3) is 3.89. The van der Waals surface area contributed by atoms with Crippen molar-refractivity contribution in [3.8, 4) is 0 Å². The molecule has 1 aromatic carbocycles. The highest BCUT2D eigenvalue weighted by atomic mass is 32.2. The predicted octanol–water partition coefficient (Wildman–Crippen LogP) is 2.82. The van der Waals surface area contributed by atoms with E-state index in [9.17, 15) is 8.42 Å². The second-order valence-corrected chi connectivity index (χ2v) is 8.22. The third-order valence-electron chi connectivity index (χ3n) is 4.77. The zero-order chi connectivity index (χ0) is 16.2. The Balaban J connectivity index is 2.07. The average Bonchev–Trinajstić information content (AvgIpc) is 2.55. The Morgan fingerprint density at radius 2 is 1.82 bits per heavy atom. The molecular formula is C17H28N2O2S. The van der Waals surface area contributed by atoms with Crippen LogP contribution in [0, 0.1) is 5.92 Å². The van der Waals surface area contributed by atoms with Gasteiger partial charge < -0.3 is 5.32 Å². The lowest BCUT2D eigenvalue weighted by atomic mass is 9.98. The Hall–Kier alpha value is -0.910. The van der Waals surface area contributed by atoms with Gasteiger partial charge in [0.15, 0.2) is 0 Å². The van der Waals surface area contributed by atoms with Crippen LogP contribution in [0.15, 0.2) is 29.2 Å². The van der Waals surface area contributed by atoms with Crippen molar-refractivity contribution in [2.24, 2.45) is 5.92 Å². The van der Waals surface area contributed by atoms with E-state index in [1.165, 1.54) is 5.56 Å². The maximum absolute atomic E-state index is 12.7. The van der Waals surface area contributed by atoms with Crippen LogP contribution in [0.3, 0.4) is 0 Å². The number of rotatable bonds is 6. The molecule has 0 aliphatic carbocycles. The summed E-state index contributed by atoms with van der Waals surface area (Å²) in [7, 11) is -1.39. The summed E-state index contributed by atoms with van der Waals surface area (Å²) < 4.78 is 27.1. The second-order valence-electron chi connectivity index (χ2n) is 6.28. The van der Waals surface area contributed by atoms with E-state index < -0.39 is 10.0 Å². The molecule has 1 saturated heterocycles. The minimum atomic E-state index is -3.34. The first-order valence-corrected chi connectivity index (χ1v) is 9.67. The van der Waals surface area contributed by atoms with Crippen LogP contribution in [-0.2, 0) is 10.0 Å². The van der Waals surface area contributed by atoms with Crippen molar-refractivity contribution in [2.75, 3.05) is 26.7 Å². The van der Waals surface area contributed by atoms with Crippen LogP contribution >= 0.6 is 0 Å². The highest BCUT2D eigenvalue weighted by Crippen LogP contribution is 2.25. The summed E-state index contributed by atoms with van der Waals surface area (Å²) in [6.45, 7) is 6.53. The molecule has 0 amide bonds. The Morgan fingerprint density at radius 1 is 1.23 bits per heavy atom. The van der Waals surface area contributed by atoms with Crippen molar-refractivity contribution in [1.29, 1.82) is 0 Å². The Bertz CT molecular complexity index is 561. The lowest BCUT2D eigenvalue weighted by Crippen LogP contribution is -2.40. The minimum Gasteiger partial charge on any atom is -0.319 e. The smallest absolute Gasteiger partial charge is 0.243 e. The topological polar surface area (TPSA) is 49.4 Å². The maximum Gasteiger partial charge on any atom is 0.243 e. The van der Waals surface area contributed by atoms with Gasteiger partial charge >= 0.3 is 0 Å². The monoisotopic (exact) mass is 324 g/mol. The van der Waals surface area contributed by atoms with Crippen LogP contribution in [0.25, 0.3) is 0 Å². The molecule has 0 spiro atoms. The molecule has 4 nitrogen and oxygen atoms in total. The first-order chi connectivity index (χ1) is 10.5. The lowest BCUT2D eigenvalue weighted by Gasteiger charge is -2.31. The average molecular weight is 324 g/mol. The van der Waals surface area contributed by atoms with E-state index in [0.29, 0.717) is 29.8 Å². The third-order valence-corrected chi connectivity index (χ3v) is 6.68. The van der Waals surface area contributed by atoms with Gasteiger partial charge in [0, 0.05) is 13.1 Å². The number of nitrogens with one attached hydrogen (secondary N) is 1. The summed E-state index contributed by atoms with van der Waals surface area (Å²) in [6.07, 6.45) is 2.93. The molecule has 1 atom stereocenters. The second kappa shape index (κ2) is 7.57. The summed E-state index contributed by atoms with van der Waals surface area (Å²) in [5.41, 5.74) is 1.20. The number of nitrogens with zero attached hydrogens (tertiary/aromatic N) is 1. The van der Waals surface area contributed by atoms with Crippen molar-refractivity contribution in [3.05, 3.63) is 29.8 Å². The molecule has 22 heavy (non-hydrogen) atoms. The number of hydrogen-bond donors (Lipinski definition) is 1. The van der Waals surface area contributed by atoms with Gasteiger partial charge in [-0.1, -0.05) is 26.0 Å². The fourth-order valence-electron chi connectivity index (χ4n) is 3.00. The Morgan fingerprint density at radius 3 is 2.32 bits per heavy atom. The fourth-order valence-corrected chi connectivity index (χ4v) is 4.47. The zero-order valence-electron chi connectivity index (χ0n) is 13.9. The largest absolute Gasteiger partial charge is 0.319 e. The number of benzene rings is 1. The van der Waals surface area contributed by atoms with Gasteiger partial charge in [-0.25, -0.2) is 8.42 Å². The number of hydrogen-bond acceptors (Lipinski definition) is 3. The summed E-state index contributed by atoms with van der Waals surface area (Å²) in [5.74, 6) is 1.05. The van der Waals surface area contributed by atoms with Gasteiger partial charge in [0.2, 0.25) is 10.0 Å². The molecule has 124 valence electrons. The normalized spacial score (nSPS) is 19.2. The Kier molecular flexibility index (Phi) is 6.01. The van der Waals surface area contributed by atoms with Crippen LogP contribution in [0.5, 0.6) is 0 Å². The van der Waals surface area contributed by atoms with E-state index in [-0.39, 0.29) is 0 Å². The lowest BCUT2D eigenvalue weighted by molar-refractivity contribution is 0.270.